The van der Waals surface area contributed by atoms with Crippen molar-refractivity contribution in [1.82, 2.24) is 10.2 Å². The van der Waals surface area contributed by atoms with Crippen molar-refractivity contribution in [3.63, 3.8) is 0 Å². The summed E-state index contributed by atoms with van der Waals surface area (Å²) < 4.78 is 10.8. The van der Waals surface area contributed by atoms with Gasteiger partial charge in [0.1, 0.15) is 18.1 Å². The Morgan fingerprint density at radius 3 is 2.42 bits per heavy atom. The fourth-order valence-electron chi connectivity index (χ4n) is 2.99. The van der Waals surface area contributed by atoms with E-state index in [1.807, 2.05) is 36.2 Å². The second-order valence-electron chi connectivity index (χ2n) is 6.79. The predicted octanol–water partition coefficient (Wildman–Crippen LogP) is 2.70. The lowest BCUT2D eigenvalue weighted by Gasteiger charge is -2.27. The van der Waals surface area contributed by atoms with Gasteiger partial charge in [-0.3, -0.25) is 9.69 Å². The Bertz CT molecular complexity index is 496. The van der Waals surface area contributed by atoms with Gasteiger partial charge >= 0.3 is 0 Å². The summed E-state index contributed by atoms with van der Waals surface area (Å²) in [5.41, 5.74) is 0. The van der Waals surface area contributed by atoms with Gasteiger partial charge in [-0.2, -0.15) is 0 Å². The van der Waals surface area contributed by atoms with E-state index in [1.165, 1.54) is 12.8 Å². The van der Waals surface area contributed by atoms with Crippen LogP contribution in [-0.2, 0) is 4.79 Å². The second-order valence-corrected chi connectivity index (χ2v) is 6.79. The van der Waals surface area contributed by atoms with Gasteiger partial charge in [0.15, 0.2) is 0 Å². The molecule has 1 aliphatic carbocycles. The highest BCUT2D eigenvalue weighted by Gasteiger charge is 2.20. The summed E-state index contributed by atoms with van der Waals surface area (Å²) in [5.74, 6) is 2.54. The van der Waals surface area contributed by atoms with Crippen molar-refractivity contribution in [2.45, 2.75) is 38.6 Å². The zero-order chi connectivity index (χ0) is 17.4. The summed E-state index contributed by atoms with van der Waals surface area (Å²) in [6.07, 6.45) is 4.65. The Kier molecular flexibility index (Phi) is 7.37. The fraction of sp³-hybridized carbons (Fsp3) is 0.632. The Balaban J connectivity index is 1.61. The van der Waals surface area contributed by atoms with Gasteiger partial charge in [0, 0.05) is 12.6 Å². The molecule has 0 unspecified atom stereocenters. The molecule has 0 atom stereocenters. The van der Waals surface area contributed by atoms with Gasteiger partial charge < -0.3 is 14.8 Å². The normalized spacial score (nSPS) is 20.7. The third-order valence-corrected chi connectivity index (χ3v) is 4.60. The van der Waals surface area contributed by atoms with E-state index in [4.69, 9.17) is 9.47 Å². The number of amides is 1. The molecule has 1 amide bonds. The molecule has 134 valence electrons. The van der Waals surface area contributed by atoms with Crippen molar-refractivity contribution in [2.24, 2.45) is 5.92 Å². The van der Waals surface area contributed by atoms with Gasteiger partial charge in [-0.25, -0.2) is 0 Å². The smallest absolute Gasteiger partial charge is 0.234 e. The molecule has 0 aliphatic heterocycles. The number of benzene rings is 1. The Hall–Kier alpha value is -1.75. The highest BCUT2D eigenvalue weighted by atomic mass is 16.5. The highest BCUT2D eigenvalue weighted by molar-refractivity contribution is 5.78. The van der Waals surface area contributed by atoms with Gasteiger partial charge in [0.25, 0.3) is 0 Å². The molecule has 5 nitrogen and oxygen atoms in total. The summed E-state index contributed by atoms with van der Waals surface area (Å²) in [7, 11) is 3.59. The first kappa shape index (κ1) is 18.6. The Morgan fingerprint density at radius 2 is 1.79 bits per heavy atom. The molecule has 1 aliphatic rings. The monoisotopic (exact) mass is 334 g/mol. The third kappa shape index (κ3) is 6.40. The maximum Gasteiger partial charge on any atom is 0.234 e. The number of carbonyl (C=O) groups is 1. The second kappa shape index (κ2) is 9.52. The summed E-state index contributed by atoms with van der Waals surface area (Å²) in [5, 5.41) is 3.16. The first-order chi connectivity index (χ1) is 11.6. The van der Waals surface area contributed by atoms with E-state index in [-0.39, 0.29) is 5.91 Å². The molecular formula is C19H30N2O3. The van der Waals surface area contributed by atoms with Gasteiger partial charge in [-0.15, -0.1) is 0 Å². The van der Waals surface area contributed by atoms with Crippen LogP contribution in [0.4, 0.5) is 0 Å². The third-order valence-electron chi connectivity index (χ3n) is 4.60. The van der Waals surface area contributed by atoms with Crippen LogP contribution < -0.4 is 14.8 Å². The predicted molar refractivity (Wildman–Crippen MR) is 95.5 cm³/mol. The molecule has 0 aromatic heterocycles. The van der Waals surface area contributed by atoms with Crippen LogP contribution in [0.25, 0.3) is 0 Å². The van der Waals surface area contributed by atoms with Gasteiger partial charge in [0.05, 0.1) is 13.7 Å². The van der Waals surface area contributed by atoms with Crippen molar-refractivity contribution >= 4 is 5.91 Å². The van der Waals surface area contributed by atoms with Crippen LogP contribution in [-0.4, -0.2) is 50.7 Å². The van der Waals surface area contributed by atoms with Gasteiger partial charge in [-0.1, -0.05) is 6.92 Å². The van der Waals surface area contributed by atoms with Crippen LogP contribution in [0.2, 0.25) is 0 Å². The van der Waals surface area contributed by atoms with Crippen LogP contribution in [0.15, 0.2) is 24.3 Å². The maximum absolute atomic E-state index is 12.1. The van der Waals surface area contributed by atoms with Crippen molar-refractivity contribution in [1.29, 1.82) is 0 Å². The van der Waals surface area contributed by atoms with Crippen LogP contribution in [0.5, 0.6) is 11.5 Å². The molecule has 1 aromatic carbocycles. The lowest BCUT2D eigenvalue weighted by atomic mass is 9.87. The largest absolute Gasteiger partial charge is 0.497 e. The minimum atomic E-state index is 0.113. The lowest BCUT2D eigenvalue weighted by Crippen LogP contribution is -2.43. The summed E-state index contributed by atoms with van der Waals surface area (Å²) >= 11 is 0. The maximum atomic E-state index is 12.1. The Labute approximate surface area is 145 Å². The van der Waals surface area contributed by atoms with Crippen molar-refractivity contribution in [3.8, 4) is 11.5 Å². The van der Waals surface area contributed by atoms with Crippen LogP contribution in [0, 0.1) is 5.92 Å². The molecular weight excluding hydrogens is 304 g/mol. The fourth-order valence-corrected chi connectivity index (χ4v) is 2.99. The molecule has 0 bridgehead atoms. The van der Waals surface area contributed by atoms with Crippen LogP contribution in [0.3, 0.4) is 0 Å². The van der Waals surface area contributed by atoms with Gasteiger partial charge in [-0.05, 0) is 62.9 Å². The molecule has 0 radical (unpaired) electrons. The van der Waals surface area contributed by atoms with Gasteiger partial charge in [0.2, 0.25) is 5.91 Å². The molecule has 1 saturated carbocycles. The van der Waals surface area contributed by atoms with E-state index in [0.717, 1.165) is 30.3 Å². The number of hydrogen-bond donors (Lipinski definition) is 1. The molecule has 2 rings (SSSR count). The zero-order valence-corrected chi connectivity index (χ0v) is 15.1. The molecule has 24 heavy (non-hydrogen) atoms. The van der Waals surface area contributed by atoms with Crippen molar-refractivity contribution in [2.75, 3.05) is 33.9 Å². The number of nitrogens with one attached hydrogen (secondary N) is 1. The quantitative estimate of drug-likeness (QED) is 0.794. The number of rotatable bonds is 8. The SMILES string of the molecule is COc1ccc(OCCN(C)CC(=O)NC2CCC(C)CC2)cc1. The van der Waals surface area contributed by atoms with Crippen LogP contribution >= 0.6 is 0 Å². The number of likely N-dealkylation sites (N-methyl/N-ethyl adjacent to an activating group) is 1. The average molecular weight is 334 g/mol. The summed E-state index contributed by atoms with van der Waals surface area (Å²) in [4.78, 5) is 14.1. The van der Waals surface area contributed by atoms with E-state index < -0.39 is 0 Å². The zero-order valence-electron chi connectivity index (χ0n) is 15.1. The topological polar surface area (TPSA) is 50.8 Å². The molecule has 1 N–H and O–H groups in total. The van der Waals surface area contributed by atoms with E-state index in [2.05, 4.69) is 12.2 Å². The molecule has 0 spiro atoms. The number of ether oxygens (including phenoxy) is 2. The minimum Gasteiger partial charge on any atom is -0.497 e. The van der Waals surface area contributed by atoms with E-state index >= 15 is 0 Å². The van der Waals surface area contributed by atoms with E-state index in [0.29, 0.717) is 25.7 Å². The molecule has 0 saturated heterocycles. The summed E-state index contributed by atoms with van der Waals surface area (Å²) in [6, 6.07) is 7.87. The van der Waals surface area contributed by atoms with E-state index in [1.54, 1.807) is 7.11 Å². The average Bonchev–Trinajstić information content (AvgIpc) is 2.57. The Morgan fingerprint density at radius 1 is 1.17 bits per heavy atom. The van der Waals surface area contributed by atoms with Crippen molar-refractivity contribution < 1.29 is 14.3 Å². The number of nitrogens with zero attached hydrogens (tertiary/aromatic N) is 1. The molecule has 0 heterocycles. The van der Waals surface area contributed by atoms with E-state index in [9.17, 15) is 4.79 Å². The number of methoxy groups -OCH3 is 1. The minimum absolute atomic E-state index is 0.113. The summed E-state index contributed by atoms with van der Waals surface area (Å²) in [6.45, 7) is 3.96. The standard InChI is InChI=1S/C19H30N2O3/c1-15-4-6-16(7-5-15)20-19(22)14-21(2)12-13-24-18-10-8-17(23-3)9-11-18/h8-11,15-16H,4-7,12-14H2,1-3H3,(H,20,22). The number of carbonyl (C=O) groups excluding carboxylic acids is 1. The highest BCUT2D eigenvalue weighted by Crippen LogP contribution is 2.23. The molecule has 5 heteroatoms. The first-order valence-corrected chi connectivity index (χ1v) is 8.81. The van der Waals surface area contributed by atoms with Crippen LogP contribution in [0.1, 0.15) is 32.6 Å². The molecule has 1 fully saturated rings. The lowest BCUT2D eigenvalue weighted by molar-refractivity contribution is -0.123. The first-order valence-electron chi connectivity index (χ1n) is 8.81. The molecule has 1 aromatic rings. The number of hydrogen-bond acceptors (Lipinski definition) is 4. The van der Waals surface area contributed by atoms with Crippen molar-refractivity contribution in [3.05, 3.63) is 24.3 Å².